The molecule has 2 rings (SSSR count). The summed E-state index contributed by atoms with van der Waals surface area (Å²) in [5.41, 5.74) is 0. The van der Waals surface area contributed by atoms with Crippen molar-refractivity contribution < 1.29 is 28.6 Å². The van der Waals surface area contributed by atoms with E-state index in [9.17, 15) is 14.4 Å². The molecule has 2 saturated heterocycles. The van der Waals surface area contributed by atoms with E-state index in [4.69, 9.17) is 4.74 Å². The van der Waals surface area contributed by atoms with E-state index in [1.807, 2.05) is 0 Å². The molecule has 0 radical (unpaired) electrons. The summed E-state index contributed by atoms with van der Waals surface area (Å²) in [5.74, 6) is -2.87. The molecule has 2 aliphatic heterocycles. The van der Waals surface area contributed by atoms with Crippen LogP contribution in [0.5, 0.6) is 0 Å². The highest BCUT2D eigenvalue weighted by molar-refractivity contribution is 5.96. The maximum absolute atomic E-state index is 11.5. The lowest BCUT2D eigenvalue weighted by Gasteiger charge is -2.22. The quantitative estimate of drug-likeness (QED) is 0.582. The third-order valence-electron chi connectivity index (χ3n) is 3.10. The molecule has 2 fully saturated rings. The van der Waals surface area contributed by atoms with E-state index < -0.39 is 36.0 Å². The van der Waals surface area contributed by atoms with Crippen LogP contribution in [0.1, 0.15) is 6.42 Å². The molecule has 2 heterocycles. The number of ether oxygens (including phenoxy) is 3. The summed E-state index contributed by atoms with van der Waals surface area (Å²) in [4.78, 5) is 34.5. The summed E-state index contributed by atoms with van der Waals surface area (Å²) in [6.07, 6.45) is -1.23. The fourth-order valence-electron chi connectivity index (χ4n) is 2.38. The molecule has 6 heteroatoms. The van der Waals surface area contributed by atoms with E-state index >= 15 is 0 Å². The second kappa shape index (κ2) is 3.86. The van der Waals surface area contributed by atoms with Gasteiger partial charge in [0.05, 0.1) is 26.2 Å². The zero-order valence-electron chi connectivity index (χ0n) is 8.97. The highest BCUT2D eigenvalue weighted by Gasteiger charge is 2.60. The van der Waals surface area contributed by atoms with Crippen LogP contribution in [0, 0.1) is 11.8 Å². The number of esters is 2. The van der Waals surface area contributed by atoms with Crippen LogP contribution in [-0.2, 0) is 28.6 Å². The predicted octanol–water partition coefficient (Wildman–Crippen LogP) is -0.695. The van der Waals surface area contributed by atoms with Crippen LogP contribution in [0.15, 0.2) is 0 Å². The molecule has 0 saturated carbocycles. The number of fused-ring (bicyclic) bond motifs is 2. The highest BCUT2D eigenvalue weighted by atomic mass is 16.6. The monoisotopic (exact) mass is 228 g/mol. The smallest absolute Gasteiger partial charge is 0.312 e. The van der Waals surface area contributed by atoms with Gasteiger partial charge in [-0.2, -0.15) is 0 Å². The highest BCUT2D eigenvalue weighted by Crippen LogP contribution is 2.42. The number of carbonyl (C=O) groups is 3. The Bertz CT molecular complexity index is 349. The van der Waals surface area contributed by atoms with Crippen LogP contribution in [0.25, 0.3) is 0 Å². The summed E-state index contributed by atoms with van der Waals surface area (Å²) in [6.45, 7) is 0. The Morgan fingerprint density at radius 1 is 1.19 bits per heavy atom. The van der Waals surface area contributed by atoms with Gasteiger partial charge in [0.25, 0.3) is 0 Å². The molecule has 0 aromatic carbocycles. The maximum Gasteiger partial charge on any atom is 0.312 e. The minimum absolute atomic E-state index is 0.152. The fraction of sp³-hybridized carbons (Fsp3) is 0.700. The van der Waals surface area contributed by atoms with Gasteiger partial charge in [0.15, 0.2) is 5.78 Å². The average Bonchev–Trinajstić information content (AvgIpc) is 2.82. The predicted molar refractivity (Wildman–Crippen MR) is 49.3 cm³/mol. The number of hydrogen-bond donors (Lipinski definition) is 0. The molecular weight excluding hydrogens is 216 g/mol. The third kappa shape index (κ3) is 1.41. The molecular formula is C10H12O6. The van der Waals surface area contributed by atoms with Gasteiger partial charge in [0, 0.05) is 6.42 Å². The molecule has 4 unspecified atom stereocenters. The zero-order chi connectivity index (χ0) is 11.9. The second-order valence-corrected chi connectivity index (χ2v) is 3.86. The van der Waals surface area contributed by atoms with Crippen molar-refractivity contribution in [2.75, 3.05) is 14.2 Å². The second-order valence-electron chi connectivity index (χ2n) is 3.86. The average molecular weight is 228 g/mol. The number of carbonyl (C=O) groups excluding carboxylic acids is 3. The van der Waals surface area contributed by atoms with Gasteiger partial charge < -0.3 is 14.2 Å². The van der Waals surface area contributed by atoms with E-state index in [2.05, 4.69) is 9.47 Å². The van der Waals surface area contributed by atoms with E-state index in [1.54, 1.807) is 0 Å². The number of hydrogen-bond acceptors (Lipinski definition) is 6. The van der Waals surface area contributed by atoms with Gasteiger partial charge in [-0.25, -0.2) is 0 Å². The zero-order valence-corrected chi connectivity index (χ0v) is 8.97. The Morgan fingerprint density at radius 2 is 1.75 bits per heavy atom. The van der Waals surface area contributed by atoms with Crippen molar-refractivity contribution in [2.24, 2.45) is 11.8 Å². The lowest BCUT2D eigenvalue weighted by atomic mass is 9.78. The molecule has 6 nitrogen and oxygen atoms in total. The van der Waals surface area contributed by atoms with E-state index in [0.29, 0.717) is 0 Å². The summed E-state index contributed by atoms with van der Waals surface area (Å²) in [6, 6.07) is 0. The van der Waals surface area contributed by atoms with Crippen LogP contribution in [-0.4, -0.2) is 44.1 Å². The van der Waals surface area contributed by atoms with Gasteiger partial charge in [-0.3, -0.25) is 14.4 Å². The summed E-state index contributed by atoms with van der Waals surface area (Å²) >= 11 is 0. The van der Waals surface area contributed by atoms with E-state index in [-0.39, 0.29) is 12.2 Å². The minimum Gasteiger partial charge on any atom is -0.469 e. The number of Topliss-reactive ketones (excluding diaryl/α,β-unsaturated/α-hetero) is 1. The maximum atomic E-state index is 11.5. The lowest BCUT2D eigenvalue weighted by molar-refractivity contribution is -0.159. The first-order valence-corrected chi connectivity index (χ1v) is 4.94. The molecule has 0 aromatic rings. The molecule has 0 aliphatic carbocycles. The Hall–Kier alpha value is -1.43. The minimum atomic E-state index is -0.858. The lowest BCUT2D eigenvalue weighted by Crippen LogP contribution is -2.43. The van der Waals surface area contributed by atoms with Crippen molar-refractivity contribution >= 4 is 17.7 Å². The molecule has 0 N–H and O–H groups in total. The molecule has 16 heavy (non-hydrogen) atoms. The van der Waals surface area contributed by atoms with Crippen LogP contribution in [0.3, 0.4) is 0 Å². The first-order valence-electron chi connectivity index (χ1n) is 4.94. The standard InChI is InChI=1S/C10H12O6/c1-14-9(12)6-5-3-4(11)8(16-5)7(6)10(13)15-2/h5-8H,3H2,1-2H3. The molecule has 2 aliphatic rings. The molecule has 0 aromatic heterocycles. The normalized spacial score (nSPS) is 36.2. The fourth-order valence-corrected chi connectivity index (χ4v) is 2.38. The summed E-state index contributed by atoms with van der Waals surface area (Å²) in [7, 11) is 2.46. The molecule has 88 valence electrons. The van der Waals surface area contributed by atoms with Crippen molar-refractivity contribution in [1.82, 2.24) is 0 Å². The van der Waals surface area contributed by atoms with Crippen LogP contribution >= 0.6 is 0 Å². The van der Waals surface area contributed by atoms with Crippen molar-refractivity contribution in [3.63, 3.8) is 0 Å². The van der Waals surface area contributed by atoms with Gasteiger partial charge in [0.1, 0.15) is 12.0 Å². The van der Waals surface area contributed by atoms with E-state index in [1.165, 1.54) is 14.2 Å². The largest absolute Gasteiger partial charge is 0.469 e. The third-order valence-corrected chi connectivity index (χ3v) is 3.10. The first-order chi connectivity index (χ1) is 7.60. The van der Waals surface area contributed by atoms with Crippen LogP contribution in [0.4, 0.5) is 0 Å². The molecule has 0 amide bonds. The molecule has 0 spiro atoms. The summed E-state index contributed by atoms with van der Waals surface area (Å²) in [5, 5.41) is 0. The molecule has 2 bridgehead atoms. The first kappa shape index (κ1) is 11.1. The number of ketones is 1. The van der Waals surface area contributed by atoms with Crippen molar-refractivity contribution in [1.29, 1.82) is 0 Å². The van der Waals surface area contributed by atoms with Crippen LogP contribution < -0.4 is 0 Å². The Morgan fingerprint density at radius 3 is 2.31 bits per heavy atom. The van der Waals surface area contributed by atoms with Gasteiger partial charge >= 0.3 is 11.9 Å². The summed E-state index contributed by atoms with van der Waals surface area (Å²) < 4.78 is 14.5. The van der Waals surface area contributed by atoms with Gasteiger partial charge in [0.2, 0.25) is 0 Å². The topological polar surface area (TPSA) is 78.9 Å². The van der Waals surface area contributed by atoms with Gasteiger partial charge in [-0.1, -0.05) is 0 Å². The van der Waals surface area contributed by atoms with E-state index in [0.717, 1.165) is 0 Å². The van der Waals surface area contributed by atoms with Crippen molar-refractivity contribution in [3.8, 4) is 0 Å². The number of methoxy groups -OCH3 is 2. The Labute approximate surface area is 91.8 Å². The Kier molecular flexibility index (Phi) is 2.67. The van der Waals surface area contributed by atoms with Crippen LogP contribution in [0.2, 0.25) is 0 Å². The van der Waals surface area contributed by atoms with Gasteiger partial charge in [-0.15, -0.1) is 0 Å². The van der Waals surface area contributed by atoms with Crippen molar-refractivity contribution in [2.45, 2.75) is 18.6 Å². The van der Waals surface area contributed by atoms with Gasteiger partial charge in [-0.05, 0) is 0 Å². The Balaban J connectivity index is 2.27. The number of rotatable bonds is 2. The molecule has 4 atom stereocenters. The SMILES string of the molecule is COC(=O)C1C2CC(=O)C(O2)C1C(=O)OC. The van der Waals surface area contributed by atoms with Crippen molar-refractivity contribution in [3.05, 3.63) is 0 Å².